The molecule has 0 saturated carbocycles. The van der Waals surface area contributed by atoms with E-state index in [1.165, 1.54) is 18.2 Å². The molecule has 0 aliphatic carbocycles. The first-order valence-corrected chi connectivity index (χ1v) is 10.6. The van der Waals surface area contributed by atoms with Crippen molar-refractivity contribution >= 4 is 17.3 Å². The summed E-state index contributed by atoms with van der Waals surface area (Å²) in [5, 5.41) is 20.7. The van der Waals surface area contributed by atoms with Crippen molar-refractivity contribution in [1.29, 1.82) is 0 Å². The number of morpholine rings is 1. The number of hydrogen-bond acceptors (Lipinski definition) is 6. The number of hydrogen-bond donors (Lipinski definition) is 3. The molecule has 1 aliphatic heterocycles. The maximum absolute atomic E-state index is 13.4. The monoisotopic (exact) mass is 444 g/mol. The summed E-state index contributed by atoms with van der Waals surface area (Å²) in [7, 11) is 1.69. The van der Waals surface area contributed by atoms with Crippen LogP contribution in [0.25, 0.3) is 0 Å². The first kappa shape index (κ1) is 23.4. The average Bonchev–Trinajstić information content (AvgIpc) is 2.82. The molecule has 172 valence electrons. The van der Waals surface area contributed by atoms with Crippen LogP contribution in [-0.2, 0) is 4.74 Å². The van der Waals surface area contributed by atoms with Gasteiger partial charge in [-0.15, -0.1) is 0 Å². The van der Waals surface area contributed by atoms with Gasteiger partial charge in [-0.25, -0.2) is 4.39 Å². The maximum atomic E-state index is 13.4. The SMILES string of the molecule is CN=C(NCCNc1ccccc1[N+](=O)[O-])NCC(c1ccc(F)cc1)N1CCOCC1. The molecule has 10 heteroatoms. The summed E-state index contributed by atoms with van der Waals surface area (Å²) in [6.45, 7) is 4.53. The number of anilines is 1. The smallest absolute Gasteiger partial charge is 0.292 e. The minimum atomic E-state index is -0.405. The second-order valence-corrected chi connectivity index (χ2v) is 7.30. The molecule has 1 saturated heterocycles. The summed E-state index contributed by atoms with van der Waals surface area (Å²) in [4.78, 5) is 17.3. The molecule has 3 rings (SSSR count). The van der Waals surface area contributed by atoms with Crippen LogP contribution in [0.3, 0.4) is 0 Å². The number of benzene rings is 2. The van der Waals surface area contributed by atoms with Gasteiger partial charge in [0.25, 0.3) is 5.69 Å². The van der Waals surface area contributed by atoms with E-state index >= 15 is 0 Å². The van der Waals surface area contributed by atoms with Crippen molar-refractivity contribution in [3.63, 3.8) is 0 Å². The molecule has 32 heavy (non-hydrogen) atoms. The van der Waals surface area contributed by atoms with E-state index in [2.05, 4.69) is 25.8 Å². The third kappa shape index (κ3) is 6.63. The van der Waals surface area contributed by atoms with Crippen LogP contribution in [0.2, 0.25) is 0 Å². The number of nitrogens with one attached hydrogen (secondary N) is 3. The van der Waals surface area contributed by atoms with Crippen molar-refractivity contribution in [2.24, 2.45) is 4.99 Å². The molecule has 2 aromatic carbocycles. The van der Waals surface area contributed by atoms with E-state index in [9.17, 15) is 14.5 Å². The van der Waals surface area contributed by atoms with E-state index < -0.39 is 4.92 Å². The predicted molar refractivity (Wildman–Crippen MR) is 122 cm³/mol. The fourth-order valence-electron chi connectivity index (χ4n) is 3.61. The van der Waals surface area contributed by atoms with Gasteiger partial charge in [0.2, 0.25) is 0 Å². The van der Waals surface area contributed by atoms with Crippen molar-refractivity contribution in [3.8, 4) is 0 Å². The van der Waals surface area contributed by atoms with Gasteiger partial charge < -0.3 is 20.7 Å². The number of nitro groups is 1. The Labute approximate surface area is 186 Å². The van der Waals surface area contributed by atoms with E-state index in [-0.39, 0.29) is 17.5 Å². The molecular formula is C22H29FN6O3. The molecule has 0 bridgehead atoms. The zero-order valence-electron chi connectivity index (χ0n) is 18.1. The molecule has 0 amide bonds. The number of rotatable bonds is 9. The number of nitro benzene ring substituents is 1. The Morgan fingerprint density at radius 3 is 2.56 bits per heavy atom. The lowest BCUT2D eigenvalue weighted by molar-refractivity contribution is -0.384. The van der Waals surface area contributed by atoms with Crippen LogP contribution in [0.4, 0.5) is 15.8 Å². The fraction of sp³-hybridized carbons (Fsp3) is 0.409. The van der Waals surface area contributed by atoms with Crippen molar-refractivity contribution in [1.82, 2.24) is 15.5 Å². The lowest BCUT2D eigenvalue weighted by atomic mass is 10.0. The van der Waals surface area contributed by atoms with Crippen molar-refractivity contribution in [3.05, 3.63) is 70.0 Å². The van der Waals surface area contributed by atoms with Gasteiger partial charge in [0.15, 0.2) is 5.96 Å². The Kier molecular flexibility index (Phi) is 8.76. The Morgan fingerprint density at radius 1 is 1.16 bits per heavy atom. The largest absolute Gasteiger partial charge is 0.379 e. The highest BCUT2D eigenvalue weighted by Crippen LogP contribution is 2.23. The zero-order chi connectivity index (χ0) is 22.8. The van der Waals surface area contributed by atoms with Crippen LogP contribution in [-0.4, -0.2) is 68.8 Å². The second kappa shape index (κ2) is 12.0. The van der Waals surface area contributed by atoms with Crippen molar-refractivity contribution < 1.29 is 14.1 Å². The lowest BCUT2D eigenvalue weighted by Gasteiger charge is -2.35. The van der Waals surface area contributed by atoms with Crippen molar-refractivity contribution in [2.45, 2.75) is 6.04 Å². The number of guanidine groups is 1. The molecule has 3 N–H and O–H groups in total. The zero-order valence-corrected chi connectivity index (χ0v) is 18.1. The predicted octanol–water partition coefficient (Wildman–Crippen LogP) is 2.38. The number of ether oxygens (including phenoxy) is 1. The molecule has 0 aromatic heterocycles. The fourth-order valence-corrected chi connectivity index (χ4v) is 3.61. The van der Waals surface area contributed by atoms with E-state index in [1.54, 1.807) is 25.2 Å². The normalized spacial score (nSPS) is 15.8. The summed E-state index contributed by atoms with van der Waals surface area (Å²) in [5.74, 6) is 0.362. The molecule has 2 aromatic rings. The minimum absolute atomic E-state index is 0.0441. The van der Waals surface area contributed by atoms with Gasteiger partial charge in [-0.3, -0.25) is 20.0 Å². The van der Waals surface area contributed by atoms with Gasteiger partial charge in [-0.2, -0.15) is 0 Å². The van der Waals surface area contributed by atoms with Crippen LogP contribution < -0.4 is 16.0 Å². The molecule has 1 aliphatic rings. The second-order valence-electron chi connectivity index (χ2n) is 7.30. The highest BCUT2D eigenvalue weighted by Gasteiger charge is 2.23. The first-order chi connectivity index (χ1) is 15.6. The Hall–Kier alpha value is -3.24. The summed E-state index contributed by atoms with van der Waals surface area (Å²) < 4.78 is 18.9. The number of nitrogens with zero attached hydrogens (tertiary/aromatic N) is 3. The third-order valence-corrected chi connectivity index (χ3v) is 5.26. The van der Waals surface area contributed by atoms with E-state index in [1.807, 2.05) is 12.1 Å². The Morgan fingerprint density at radius 2 is 1.88 bits per heavy atom. The van der Waals surface area contributed by atoms with E-state index in [4.69, 9.17) is 4.74 Å². The molecular weight excluding hydrogens is 415 g/mol. The molecule has 0 radical (unpaired) electrons. The molecule has 1 atom stereocenters. The van der Waals surface area contributed by atoms with Gasteiger partial charge in [0, 0.05) is 45.8 Å². The van der Waals surface area contributed by atoms with Crippen molar-refractivity contribution in [2.75, 3.05) is 58.3 Å². The van der Waals surface area contributed by atoms with Crippen LogP contribution in [0, 0.1) is 15.9 Å². The van der Waals surface area contributed by atoms with E-state index in [0.717, 1.165) is 18.7 Å². The van der Waals surface area contributed by atoms with Gasteiger partial charge in [-0.1, -0.05) is 24.3 Å². The standard InChI is InChI=1S/C22H29FN6O3/c1-24-22(26-11-10-25-19-4-2-3-5-20(19)29(30)31)27-16-21(28-12-14-32-15-13-28)17-6-8-18(23)9-7-17/h2-9,21,25H,10-16H2,1H3,(H2,24,26,27). The van der Waals surface area contributed by atoms with Gasteiger partial charge in [-0.05, 0) is 23.8 Å². The quantitative estimate of drug-likeness (QED) is 0.179. The Balaban J connectivity index is 1.53. The average molecular weight is 445 g/mol. The van der Waals surface area contributed by atoms with Crippen LogP contribution in [0.15, 0.2) is 53.5 Å². The topological polar surface area (TPSA) is 104 Å². The van der Waals surface area contributed by atoms with Crippen LogP contribution in [0.5, 0.6) is 0 Å². The number of halogens is 1. The maximum Gasteiger partial charge on any atom is 0.292 e. The molecule has 0 spiro atoms. The summed E-state index contributed by atoms with van der Waals surface area (Å²) in [6, 6.07) is 13.2. The summed E-state index contributed by atoms with van der Waals surface area (Å²) >= 11 is 0. The summed E-state index contributed by atoms with van der Waals surface area (Å²) in [5.41, 5.74) is 1.54. The van der Waals surface area contributed by atoms with E-state index in [0.29, 0.717) is 44.5 Å². The molecule has 1 fully saturated rings. The molecule has 1 heterocycles. The highest BCUT2D eigenvalue weighted by molar-refractivity contribution is 5.79. The highest BCUT2D eigenvalue weighted by atomic mass is 19.1. The third-order valence-electron chi connectivity index (χ3n) is 5.26. The number of aliphatic imine (C=N–C) groups is 1. The number of para-hydroxylation sites is 2. The van der Waals surface area contributed by atoms with Gasteiger partial charge in [0.05, 0.1) is 24.2 Å². The lowest BCUT2D eigenvalue weighted by Crippen LogP contribution is -2.46. The Bertz CT molecular complexity index is 903. The van der Waals surface area contributed by atoms with Crippen LogP contribution in [0.1, 0.15) is 11.6 Å². The van der Waals surface area contributed by atoms with Gasteiger partial charge in [0.1, 0.15) is 11.5 Å². The van der Waals surface area contributed by atoms with Crippen LogP contribution >= 0.6 is 0 Å². The first-order valence-electron chi connectivity index (χ1n) is 10.6. The van der Waals surface area contributed by atoms with Gasteiger partial charge >= 0.3 is 0 Å². The molecule has 1 unspecified atom stereocenters. The minimum Gasteiger partial charge on any atom is -0.379 e. The summed E-state index contributed by atoms with van der Waals surface area (Å²) in [6.07, 6.45) is 0. The molecule has 9 nitrogen and oxygen atoms in total.